The third-order valence-corrected chi connectivity index (χ3v) is 4.00. The van der Waals surface area contributed by atoms with Gasteiger partial charge in [-0.3, -0.25) is 0 Å². The van der Waals surface area contributed by atoms with E-state index in [-0.39, 0.29) is 0 Å². The maximum atomic E-state index is 10.4. The summed E-state index contributed by atoms with van der Waals surface area (Å²) in [5.41, 5.74) is 0.818. The van der Waals surface area contributed by atoms with Crippen LogP contribution in [0.2, 0.25) is 0 Å². The zero-order chi connectivity index (χ0) is 10.9. The monoisotopic (exact) mass is 316 g/mol. The molecule has 0 spiro atoms. The molecule has 1 saturated carbocycles. The molecule has 82 valence electrons. The number of aliphatic hydroxyl groups is 1. The molecule has 15 heavy (non-hydrogen) atoms. The summed E-state index contributed by atoms with van der Waals surface area (Å²) in [7, 11) is 0. The molecule has 0 radical (unpaired) electrons. The quantitative estimate of drug-likeness (QED) is 0.829. The Morgan fingerprint density at radius 1 is 1.40 bits per heavy atom. The predicted molar refractivity (Wildman–Crippen MR) is 70.8 cm³/mol. The van der Waals surface area contributed by atoms with Gasteiger partial charge in [0.2, 0.25) is 0 Å². The molecule has 1 N–H and O–H groups in total. The lowest BCUT2D eigenvalue weighted by Gasteiger charge is -2.22. The van der Waals surface area contributed by atoms with Crippen molar-refractivity contribution in [2.75, 3.05) is 0 Å². The van der Waals surface area contributed by atoms with Gasteiger partial charge in [-0.1, -0.05) is 19.1 Å². The van der Waals surface area contributed by atoms with Crippen LogP contribution in [0.25, 0.3) is 0 Å². The van der Waals surface area contributed by atoms with Crippen LogP contribution in [-0.2, 0) is 6.42 Å². The van der Waals surface area contributed by atoms with Crippen molar-refractivity contribution in [1.82, 2.24) is 0 Å². The van der Waals surface area contributed by atoms with Gasteiger partial charge in [0.15, 0.2) is 0 Å². The van der Waals surface area contributed by atoms with Crippen LogP contribution in [-0.4, -0.2) is 10.7 Å². The molecule has 2 heteroatoms. The van der Waals surface area contributed by atoms with E-state index in [1.54, 1.807) is 0 Å². The van der Waals surface area contributed by atoms with Gasteiger partial charge in [-0.2, -0.15) is 0 Å². The summed E-state index contributed by atoms with van der Waals surface area (Å²) < 4.78 is 1.25. The van der Waals surface area contributed by atoms with Gasteiger partial charge in [0.1, 0.15) is 0 Å². The van der Waals surface area contributed by atoms with Crippen LogP contribution in [0.4, 0.5) is 0 Å². The molecule has 0 aromatic heterocycles. The first kappa shape index (κ1) is 11.4. The maximum absolute atomic E-state index is 10.4. The Hall–Kier alpha value is -0.0900. The molecule has 2 unspecified atom stereocenters. The average molecular weight is 316 g/mol. The van der Waals surface area contributed by atoms with Crippen molar-refractivity contribution < 1.29 is 5.11 Å². The Bertz CT molecular complexity index is 333. The van der Waals surface area contributed by atoms with Crippen molar-refractivity contribution in [3.63, 3.8) is 0 Å². The number of benzene rings is 1. The zero-order valence-electron chi connectivity index (χ0n) is 9.04. The lowest BCUT2D eigenvalue weighted by molar-refractivity contribution is 0.0446. The molecule has 1 aromatic rings. The summed E-state index contributed by atoms with van der Waals surface area (Å²) >= 11 is 2.31. The minimum Gasteiger partial charge on any atom is -0.390 e. The first-order valence-electron chi connectivity index (χ1n) is 5.54. The average Bonchev–Trinajstić information content (AvgIpc) is 2.50. The molecule has 2 rings (SSSR count). The number of hydrogen-bond donors (Lipinski definition) is 1. The summed E-state index contributed by atoms with van der Waals surface area (Å²) in [6, 6.07) is 8.47. The first-order valence-corrected chi connectivity index (χ1v) is 6.62. The number of rotatable bonds is 2. The number of halogens is 1. The van der Waals surface area contributed by atoms with Crippen molar-refractivity contribution in [2.45, 2.75) is 38.2 Å². The second-order valence-electron chi connectivity index (χ2n) is 4.88. The van der Waals surface area contributed by atoms with E-state index in [0.29, 0.717) is 5.92 Å². The Morgan fingerprint density at radius 3 is 2.60 bits per heavy atom. The van der Waals surface area contributed by atoms with Crippen LogP contribution in [0.5, 0.6) is 0 Å². The van der Waals surface area contributed by atoms with Gasteiger partial charge < -0.3 is 5.11 Å². The lowest BCUT2D eigenvalue weighted by atomic mass is 9.92. The molecule has 1 aliphatic rings. The van der Waals surface area contributed by atoms with Crippen LogP contribution in [0.15, 0.2) is 24.3 Å². The Morgan fingerprint density at radius 2 is 2.07 bits per heavy atom. The summed E-state index contributed by atoms with van der Waals surface area (Å²) in [6.07, 6.45) is 3.90. The Labute approximate surface area is 105 Å². The van der Waals surface area contributed by atoms with E-state index in [1.807, 2.05) is 0 Å². The Kier molecular flexibility index (Phi) is 3.36. The predicted octanol–water partition coefficient (Wildman–Crippen LogP) is 3.38. The first-order chi connectivity index (χ1) is 7.07. The van der Waals surface area contributed by atoms with Gasteiger partial charge >= 0.3 is 0 Å². The van der Waals surface area contributed by atoms with E-state index in [9.17, 15) is 5.11 Å². The second kappa shape index (κ2) is 4.42. The summed E-state index contributed by atoms with van der Waals surface area (Å²) in [5, 5.41) is 10.4. The molecule has 2 atom stereocenters. The van der Waals surface area contributed by atoms with Gasteiger partial charge in [-0.05, 0) is 65.5 Å². The van der Waals surface area contributed by atoms with E-state index in [0.717, 1.165) is 19.3 Å². The Balaban J connectivity index is 2.05. The third kappa shape index (κ3) is 2.94. The molecule has 1 fully saturated rings. The zero-order valence-corrected chi connectivity index (χ0v) is 11.2. The van der Waals surface area contributed by atoms with Gasteiger partial charge in [-0.25, -0.2) is 0 Å². The molecule has 0 amide bonds. The molecule has 1 aromatic carbocycles. The molecular formula is C13H17IO. The highest BCUT2D eigenvalue weighted by Crippen LogP contribution is 2.36. The van der Waals surface area contributed by atoms with Crippen molar-refractivity contribution in [3.05, 3.63) is 33.4 Å². The van der Waals surface area contributed by atoms with Crippen molar-refractivity contribution in [1.29, 1.82) is 0 Å². The molecule has 1 aliphatic carbocycles. The largest absolute Gasteiger partial charge is 0.390 e. The van der Waals surface area contributed by atoms with Gasteiger partial charge in [-0.15, -0.1) is 0 Å². The van der Waals surface area contributed by atoms with Crippen molar-refractivity contribution in [2.24, 2.45) is 5.92 Å². The molecule has 0 bridgehead atoms. The molecular weight excluding hydrogens is 299 g/mol. The van der Waals surface area contributed by atoms with E-state index >= 15 is 0 Å². The van der Waals surface area contributed by atoms with Crippen LogP contribution in [0.3, 0.4) is 0 Å². The third-order valence-electron chi connectivity index (χ3n) is 3.28. The smallest absolute Gasteiger partial charge is 0.0690 e. The standard InChI is InChI=1S/C13H17IO/c1-10-6-7-13(15,8-10)9-11-2-4-12(14)5-3-11/h2-5,10,15H,6-9H2,1H3. The summed E-state index contributed by atoms with van der Waals surface area (Å²) in [5.74, 6) is 0.679. The van der Waals surface area contributed by atoms with E-state index in [1.165, 1.54) is 15.6 Å². The van der Waals surface area contributed by atoms with Crippen LogP contribution in [0, 0.1) is 9.49 Å². The van der Waals surface area contributed by atoms with Gasteiger partial charge in [0.25, 0.3) is 0 Å². The minimum absolute atomic E-state index is 0.438. The van der Waals surface area contributed by atoms with Crippen LogP contribution < -0.4 is 0 Å². The summed E-state index contributed by atoms with van der Waals surface area (Å²) in [4.78, 5) is 0. The SMILES string of the molecule is CC1CCC(O)(Cc2ccc(I)cc2)C1. The molecule has 0 aliphatic heterocycles. The minimum atomic E-state index is -0.438. The fourth-order valence-electron chi connectivity index (χ4n) is 2.51. The fraction of sp³-hybridized carbons (Fsp3) is 0.538. The van der Waals surface area contributed by atoms with Crippen molar-refractivity contribution >= 4 is 22.6 Å². The topological polar surface area (TPSA) is 20.2 Å². The highest BCUT2D eigenvalue weighted by Gasteiger charge is 2.35. The highest BCUT2D eigenvalue weighted by molar-refractivity contribution is 14.1. The van der Waals surface area contributed by atoms with Gasteiger partial charge in [0.05, 0.1) is 5.60 Å². The fourth-order valence-corrected chi connectivity index (χ4v) is 2.87. The van der Waals surface area contributed by atoms with Crippen LogP contribution >= 0.6 is 22.6 Å². The lowest BCUT2D eigenvalue weighted by Crippen LogP contribution is -2.27. The molecule has 1 nitrogen and oxygen atoms in total. The highest BCUT2D eigenvalue weighted by atomic mass is 127. The summed E-state index contributed by atoms with van der Waals surface area (Å²) in [6.45, 7) is 2.23. The van der Waals surface area contributed by atoms with E-state index in [2.05, 4.69) is 53.8 Å². The van der Waals surface area contributed by atoms with Crippen LogP contribution in [0.1, 0.15) is 31.7 Å². The maximum Gasteiger partial charge on any atom is 0.0690 e. The molecule has 0 heterocycles. The second-order valence-corrected chi connectivity index (χ2v) is 6.12. The van der Waals surface area contributed by atoms with E-state index < -0.39 is 5.60 Å². The van der Waals surface area contributed by atoms with E-state index in [4.69, 9.17) is 0 Å². The number of hydrogen-bond acceptors (Lipinski definition) is 1. The normalized spacial score (nSPS) is 30.7. The van der Waals surface area contributed by atoms with Gasteiger partial charge in [0, 0.05) is 9.99 Å². The molecule has 0 saturated heterocycles. The van der Waals surface area contributed by atoms with Crippen molar-refractivity contribution in [3.8, 4) is 0 Å².